The highest BCUT2D eigenvalue weighted by Gasteiger charge is 2.30. The number of rotatable bonds is 4. The molecule has 1 aliphatic rings. The summed E-state index contributed by atoms with van der Waals surface area (Å²) in [4.78, 5) is 24.5. The average Bonchev–Trinajstić information content (AvgIpc) is 2.64. The Labute approximate surface area is 133 Å². The lowest BCUT2D eigenvalue weighted by molar-refractivity contribution is -0.137. The molecule has 1 heterocycles. The summed E-state index contributed by atoms with van der Waals surface area (Å²) in [6.45, 7) is -0.336. The van der Waals surface area contributed by atoms with Crippen molar-refractivity contribution in [1.82, 2.24) is 4.90 Å². The second kappa shape index (κ2) is 6.13. The van der Waals surface area contributed by atoms with E-state index in [1.807, 2.05) is 0 Å². The van der Waals surface area contributed by atoms with Gasteiger partial charge in [0.1, 0.15) is 5.70 Å². The van der Waals surface area contributed by atoms with Crippen LogP contribution in [0.15, 0.2) is 28.4 Å². The predicted molar refractivity (Wildman–Crippen MR) is 79.7 cm³/mol. The molecule has 1 aromatic rings. The lowest BCUT2D eigenvalue weighted by atomic mass is 10.3. The van der Waals surface area contributed by atoms with Gasteiger partial charge in [-0.2, -0.15) is 0 Å². The van der Waals surface area contributed by atoms with E-state index in [1.54, 1.807) is 12.1 Å². The Morgan fingerprint density at radius 2 is 1.95 bits per heavy atom. The summed E-state index contributed by atoms with van der Waals surface area (Å²) in [5.41, 5.74) is 0.502. The molecule has 0 spiro atoms. The van der Waals surface area contributed by atoms with Gasteiger partial charge in [-0.1, -0.05) is 23.2 Å². The first-order valence-corrected chi connectivity index (χ1v) is 7.09. The third-order valence-electron chi connectivity index (χ3n) is 2.61. The number of aliphatic hydroxyl groups is 1. The van der Waals surface area contributed by atoms with Crippen molar-refractivity contribution in [3.05, 3.63) is 38.4 Å². The molecular weight excluding hydrogens is 371 g/mol. The number of hydrogen-bond acceptors (Lipinski definition) is 4. The summed E-state index contributed by atoms with van der Waals surface area (Å²) in [5.74, 6) is -0.995. The van der Waals surface area contributed by atoms with Crippen molar-refractivity contribution >= 4 is 56.6 Å². The Morgan fingerprint density at radius 1 is 1.25 bits per heavy atom. The van der Waals surface area contributed by atoms with Crippen molar-refractivity contribution < 1.29 is 14.7 Å². The van der Waals surface area contributed by atoms with E-state index in [0.29, 0.717) is 20.2 Å². The fourth-order valence-corrected chi connectivity index (χ4v) is 2.52. The monoisotopic (exact) mass is 378 g/mol. The first-order chi connectivity index (χ1) is 9.43. The van der Waals surface area contributed by atoms with Gasteiger partial charge in [0.15, 0.2) is 0 Å². The van der Waals surface area contributed by atoms with Crippen LogP contribution in [-0.4, -0.2) is 35.0 Å². The normalized spacial score (nSPS) is 14.8. The molecule has 0 bridgehead atoms. The first-order valence-electron chi connectivity index (χ1n) is 5.54. The molecule has 0 aromatic heterocycles. The van der Waals surface area contributed by atoms with E-state index < -0.39 is 11.8 Å². The Morgan fingerprint density at radius 3 is 2.60 bits per heavy atom. The Balaban J connectivity index is 2.23. The van der Waals surface area contributed by atoms with E-state index >= 15 is 0 Å². The molecule has 2 amide bonds. The van der Waals surface area contributed by atoms with Crippen LogP contribution in [0.5, 0.6) is 0 Å². The standard InChI is InChI=1S/C12H9BrCl2N2O3/c13-6-3-8(15)9(4-7(6)14)16-10-5-11(19)17(1-2-18)12(10)20/h3-5,16,18H,1-2H2. The van der Waals surface area contributed by atoms with E-state index in [1.165, 1.54) is 0 Å². The van der Waals surface area contributed by atoms with Crippen LogP contribution in [0.4, 0.5) is 5.69 Å². The number of benzene rings is 1. The van der Waals surface area contributed by atoms with Crippen LogP contribution in [0.25, 0.3) is 0 Å². The lowest BCUT2D eigenvalue weighted by Crippen LogP contribution is -2.34. The zero-order chi connectivity index (χ0) is 14.9. The molecule has 106 valence electrons. The molecule has 0 fully saturated rings. The molecular formula is C12H9BrCl2N2O3. The van der Waals surface area contributed by atoms with Gasteiger partial charge in [-0.3, -0.25) is 14.5 Å². The number of anilines is 1. The zero-order valence-electron chi connectivity index (χ0n) is 9.99. The average molecular weight is 380 g/mol. The molecule has 1 aromatic carbocycles. The van der Waals surface area contributed by atoms with Crippen LogP contribution in [0.1, 0.15) is 0 Å². The fourth-order valence-electron chi connectivity index (χ4n) is 1.67. The number of hydrogen-bond donors (Lipinski definition) is 2. The molecule has 0 saturated heterocycles. The molecule has 0 aliphatic carbocycles. The smallest absolute Gasteiger partial charge is 0.277 e. The second-order valence-corrected chi connectivity index (χ2v) is 5.62. The number of nitrogens with one attached hydrogen (secondary N) is 1. The summed E-state index contributed by atoms with van der Waals surface area (Å²) in [6, 6.07) is 3.13. The minimum Gasteiger partial charge on any atom is -0.395 e. The Bertz CT molecular complexity index is 619. The molecule has 5 nitrogen and oxygen atoms in total. The first kappa shape index (κ1) is 15.3. The molecule has 0 unspecified atom stereocenters. The number of β-amino-alcohol motifs (C(OH)–C–C–N with tert-alkyl or cyclic N) is 1. The largest absolute Gasteiger partial charge is 0.395 e. The number of halogens is 3. The zero-order valence-corrected chi connectivity index (χ0v) is 13.1. The van der Waals surface area contributed by atoms with Crippen molar-refractivity contribution in [2.75, 3.05) is 18.5 Å². The fraction of sp³-hybridized carbons (Fsp3) is 0.167. The molecule has 0 saturated carbocycles. The summed E-state index contributed by atoms with van der Waals surface area (Å²) >= 11 is 15.2. The number of aliphatic hydroxyl groups excluding tert-OH is 1. The van der Waals surface area contributed by atoms with Gasteiger partial charge in [-0.15, -0.1) is 0 Å². The minimum atomic E-state index is -0.515. The van der Waals surface area contributed by atoms with Gasteiger partial charge in [-0.25, -0.2) is 0 Å². The molecule has 0 atom stereocenters. The highest BCUT2D eigenvalue weighted by molar-refractivity contribution is 9.10. The van der Waals surface area contributed by atoms with Crippen molar-refractivity contribution in [3.8, 4) is 0 Å². The van der Waals surface area contributed by atoms with Crippen LogP contribution >= 0.6 is 39.1 Å². The van der Waals surface area contributed by atoms with Crippen molar-refractivity contribution in [2.45, 2.75) is 0 Å². The quantitative estimate of drug-likeness (QED) is 0.622. The van der Waals surface area contributed by atoms with E-state index in [4.69, 9.17) is 28.3 Å². The van der Waals surface area contributed by atoms with Crippen LogP contribution in [-0.2, 0) is 9.59 Å². The molecule has 0 radical (unpaired) electrons. The highest BCUT2D eigenvalue weighted by atomic mass is 79.9. The molecule has 1 aliphatic heterocycles. The molecule has 8 heteroatoms. The second-order valence-electron chi connectivity index (χ2n) is 3.95. The van der Waals surface area contributed by atoms with E-state index in [9.17, 15) is 9.59 Å². The lowest BCUT2D eigenvalue weighted by Gasteiger charge is -2.14. The van der Waals surface area contributed by atoms with Crippen LogP contribution in [0, 0.1) is 0 Å². The maximum Gasteiger partial charge on any atom is 0.277 e. The van der Waals surface area contributed by atoms with Gasteiger partial charge in [0.2, 0.25) is 0 Å². The summed E-state index contributed by atoms with van der Waals surface area (Å²) in [5, 5.41) is 12.4. The van der Waals surface area contributed by atoms with Crippen molar-refractivity contribution in [2.24, 2.45) is 0 Å². The van der Waals surface area contributed by atoms with Crippen LogP contribution in [0.2, 0.25) is 10.0 Å². The predicted octanol–water partition coefficient (Wildman–Crippen LogP) is 2.41. The molecule has 2 rings (SSSR count). The SMILES string of the molecule is O=C1C=C(Nc2cc(Cl)c(Br)cc2Cl)C(=O)N1CCO. The van der Waals surface area contributed by atoms with Crippen LogP contribution < -0.4 is 5.32 Å². The van der Waals surface area contributed by atoms with Gasteiger partial charge in [0.25, 0.3) is 11.8 Å². The third kappa shape index (κ3) is 2.98. The summed E-state index contributed by atoms with van der Waals surface area (Å²) in [6.07, 6.45) is 1.16. The summed E-state index contributed by atoms with van der Waals surface area (Å²) < 4.78 is 0.624. The van der Waals surface area contributed by atoms with E-state index in [2.05, 4.69) is 21.2 Å². The molecule has 20 heavy (non-hydrogen) atoms. The number of carbonyl (C=O) groups is 2. The van der Waals surface area contributed by atoms with Gasteiger partial charge < -0.3 is 10.4 Å². The van der Waals surface area contributed by atoms with Gasteiger partial charge in [0.05, 0.1) is 28.9 Å². The Kier molecular flexibility index (Phi) is 4.70. The van der Waals surface area contributed by atoms with E-state index in [-0.39, 0.29) is 18.8 Å². The highest BCUT2D eigenvalue weighted by Crippen LogP contribution is 2.33. The Hall–Kier alpha value is -1.08. The topological polar surface area (TPSA) is 69.6 Å². The van der Waals surface area contributed by atoms with Crippen LogP contribution in [0.3, 0.4) is 0 Å². The third-order valence-corrected chi connectivity index (χ3v) is 4.12. The van der Waals surface area contributed by atoms with Gasteiger partial charge in [-0.05, 0) is 28.1 Å². The number of imide groups is 1. The van der Waals surface area contributed by atoms with Gasteiger partial charge in [0, 0.05) is 10.5 Å². The molecule has 2 N–H and O–H groups in total. The van der Waals surface area contributed by atoms with E-state index in [0.717, 1.165) is 11.0 Å². The number of nitrogens with zero attached hydrogens (tertiary/aromatic N) is 1. The number of amides is 2. The van der Waals surface area contributed by atoms with Crippen molar-refractivity contribution in [3.63, 3.8) is 0 Å². The summed E-state index contributed by atoms with van der Waals surface area (Å²) in [7, 11) is 0. The van der Waals surface area contributed by atoms with Gasteiger partial charge >= 0.3 is 0 Å². The maximum atomic E-state index is 12.0. The minimum absolute atomic E-state index is 0.0474. The maximum absolute atomic E-state index is 12.0. The van der Waals surface area contributed by atoms with Crippen molar-refractivity contribution in [1.29, 1.82) is 0 Å². The number of carbonyl (C=O) groups excluding carboxylic acids is 2.